The van der Waals surface area contributed by atoms with Gasteiger partial charge in [0, 0.05) is 6.20 Å². The van der Waals surface area contributed by atoms with Crippen LogP contribution in [-0.4, -0.2) is 75.8 Å². The van der Waals surface area contributed by atoms with Crippen LogP contribution in [0.15, 0.2) is 30.6 Å². The van der Waals surface area contributed by atoms with Crippen LogP contribution >= 0.6 is 0 Å². The Morgan fingerprint density at radius 2 is 2.14 bits per heavy atom. The van der Waals surface area contributed by atoms with Crippen molar-refractivity contribution in [2.45, 2.75) is 19.6 Å². The largest absolute Gasteiger partial charge is 0.462 e. The SMILES string of the molecule is CCOC(=O)c1cn(Cc2cn(-c3ccc(N4CC(CNC(=O)OC)OC4=O)cc3F)nn2)nc1N. The number of nitrogens with one attached hydrogen (secondary N) is 1. The number of hydrogen-bond acceptors (Lipinski definition) is 10. The number of esters is 1. The van der Waals surface area contributed by atoms with Crippen LogP contribution < -0.4 is 16.0 Å². The molecule has 1 aliphatic heterocycles. The zero-order valence-electron chi connectivity index (χ0n) is 19.4. The van der Waals surface area contributed by atoms with Crippen LogP contribution in [0.25, 0.3) is 5.69 Å². The number of nitrogens with two attached hydrogens (primary N) is 1. The van der Waals surface area contributed by atoms with Crippen molar-refractivity contribution in [3.63, 3.8) is 0 Å². The minimum atomic E-state index is -0.664. The van der Waals surface area contributed by atoms with Gasteiger partial charge in [-0.05, 0) is 25.1 Å². The van der Waals surface area contributed by atoms with Crippen LogP contribution in [0.1, 0.15) is 23.0 Å². The van der Waals surface area contributed by atoms with Crippen molar-refractivity contribution < 1.29 is 33.0 Å². The van der Waals surface area contributed by atoms with Crippen molar-refractivity contribution >= 4 is 29.7 Å². The summed E-state index contributed by atoms with van der Waals surface area (Å²) in [6.07, 6.45) is 1.01. The fourth-order valence-electron chi connectivity index (χ4n) is 3.50. The summed E-state index contributed by atoms with van der Waals surface area (Å²) in [4.78, 5) is 36.6. The number of alkyl carbamates (subject to hydrolysis) is 1. The fourth-order valence-corrected chi connectivity index (χ4v) is 3.50. The maximum Gasteiger partial charge on any atom is 0.414 e. The first-order valence-corrected chi connectivity index (χ1v) is 10.8. The highest BCUT2D eigenvalue weighted by atomic mass is 19.1. The monoisotopic (exact) mass is 502 g/mol. The van der Waals surface area contributed by atoms with Crippen molar-refractivity contribution in [2.75, 3.05) is 37.4 Å². The maximum atomic E-state index is 14.9. The Balaban J connectivity index is 1.44. The van der Waals surface area contributed by atoms with E-state index in [1.54, 1.807) is 6.92 Å². The number of carbonyl (C=O) groups is 3. The molecule has 1 aliphatic rings. The molecular weight excluding hydrogens is 479 g/mol. The Labute approximate surface area is 203 Å². The standard InChI is InChI=1S/C21H23FN8O6/c1-3-35-19(31)15-11-28(26-18(15)23)8-12-9-30(27-25-12)17-5-4-13(6-16(17)22)29-10-14(36-21(29)33)7-24-20(32)34-2/h4-6,9,11,14H,3,7-8,10H2,1-2H3,(H2,23,26)(H,24,32). The number of carbonyl (C=O) groups excluding carboxylic acids is 3. The van der Waals surface area contributed by atoms with E-state index >= 15 is 0 Å². The van der Waals surface area contributed by atoms with Gasteiger partial charge in [-0.1, -0.05) is 5.21 Å². The molecule has 3 N–H and O–H groups in total. The van der Waals surface area contributed by atoms with Gasteiger partial charge in [0.1, 0.15) is 23.0 Å². The normalized spacial score (nSPS) is 15.0. The molecule has 190 valence electrons. The molecule has 2 amide bonds. The lowest BCUT2D eigenvalue weighted by Crippen LogP contribution is -2.34. The Kier molecular flexibility index (Phi) is 6.98. The molecule has 1 saturated heterocycles. The molecule has 15 heteroatoms. The Morgan fingerprint density at radius 1 is 1.33 bits per heavy atom. The molecule has 4 rings (SSSR count). The third-order valence-corrected chi connectivity index (χ3v) is 5.17. The lowest BCUT2D eigenvalue weighted by Gasteiger charge is -2.14. The van der Waals surface area contributed by atoms with Crippen molar-refractivity contribution in [1.29, 1.82) is 0 Å². The van der Waals surface area contributed by atoms with E-state index in [-0.39, 0.29) is 49.0 Å². The number of benzene rings is 1. The molecule has 0 spiro atoms. The molecule has 1 aromatic carbocycles. The molecule has 0 radical (unpaired) electrons. The molecule has 3 heterocycles. The average molecular weight is 502 g/mol. The summed E-state index contributed by atoms with van der Waals surface area (Å²) >= 11 is 0. The van der Waals surface area contributed by atoms with E-state index in [2.05, 4.69) is 25.5 Å². The number of hydrogen-bond donors (Lipinski definition) is 2. The van der Waals surface area contributed by atoms with Gasteiger partial charge >= 0.3 is 18.2 Å². The zero-order valence-corrected chi connectivity index (χ0v) is 19.4. The molecule has 3 aromatic rings. The van der Waals surface area contributed by atoms with Gasteiger partial charge in [0.25, 0.3) is 0 Å². The van der Waals surface area contributed by atoms with Crippen LogP contribution in [0, 0.1) is 5.82 Å². The Hall–Kier alpha value is -4.69. The number of nitrogen functional groups attached to an aromatic ring is 1. The molecule has 1 fully saturated rings. The quantitative estimate of drug-likeness (QED) is 0.336. The molecule has 0 saturated carbocycles. The first-order valence-electron chi connectivity index (χ1n) is 10.8. The van der Waals surface area contributed by atoms with Gasteiger partial charge in [-0.15, -0.1) is 5.10 Å². The number of aromatic nitrogens is 5. The van der Waals surface area contributed by atoms with E-state index in [4.69, 9.17) is 15.2 Å². The molecule has 0 aliphatic carbocycles. The van der Waals surface area contributed by atoms with E-state index in [0.717, 1.165) is 0 Å². The molecule has 0 bridgehead atoms. The predicted molar refractivity (Wildman–Crippen MR) is 121 cm³/mol. The summed E-state index contributed by atoms with van der Waals surface area (Å²) in [6, 6.07) is 4.16. The van der Waals surface area contributed by atoms with Crippen molar-refractivity contribution in [2.24, 2.45) is 0 Å². The fraction of sp³-hybridized carbons (Fsp3) is 0.333. The van der Waals surface area contributed by atoms with E-state index in [1.165, 1.54) is 52.0 Å². The van der Waals surface area contributed by atoms with Gasteiger partial charge in [0.15, 0.2) is 11.6 Å². The number of rotatable bonds is 8. The third kappa shape index (κ3) is 5.18. The minimum Gasteiger partial charge on any atom is -0.462 e. The highest BCUT2D eigenvalue weighted by Gasteiger charge is 2.33. The summed E-state index contributed by atoms with van der Waals surface area (Å²) < 4.78 is 32.2. The van der Waals surface area contributed by atoms with E-state index < -0.39 is 30.1 Å². The number of methoxy groups -OCH3 is 1. The lowest BCUT2D eigenvalue weighted by molar-refractivity contribution is 0.0527. The van der Waals surface area contributed by atoms with Gasteiger partial charge in [0.05, 0.1) is 45.2 Å². The molecule has 2 aromatic heterocycles. The van der Waals surface area contributed by atoms with Gasteiger partial charge < -0.3 is 25.3 Å². The second kappa shape index (κ2) is 10.3. The van der Waals surface area contributed by atoms with Gasteiger partial charge in [-0.2, -0.15) is 5.10 Å². The van der Waals surface area contributed by atoms with E-state index in [1.807, 2.05) is 0 Å². The number of halogens is 1. The number of nitrogens with zero attached hydrogens (tertiary/aromatic N) is 6. The highest BCUT2D eigenvalue weighted by Crippen LogP contribution is 2.25. The second-order valence-corrected chi connectivity index (χ2v) is 7.63. The lowest BCUT2D eigenvalue weighted by atomic mass is 10.2. The summed E-state index contributed by atoms with van der Waals surface area (Å²) in [7, 11) is 1.22. The predicted octanol–water partition coefficient (Wildman–Crippen LogP) is 1.09. The summed E-state index contributed by atoms with van der Waals surface area (Å²) in [5, 5.41) is 14.5. The van der Waals surface area contributed by atoms with Gasteiger partial charge in [-0.3, -0.25) is 9.58 Å². The van der Waals surface area contributed by atoms with Crippen LogP contribution in [0.4, 0.5) is 25.5 Å². The third-order valence-electron chi connectivity index (χ3n) is 5.17. The van der Waals surface area contributed by atoms with Gasteiger partial charge in [-0.25, -0.2) is 23.5 Å². The smallest absolute Gasteiger partial charge is 0.414 e. The molecule has 1 atom stereocenters. The molecule has 14 nitrogen and oxygen atoms in total. The number of amides is 2. The topological polar surface area (TPSA) is 169 Å². The minimum absolute atomic E-state index is 0.0197. The van der Waals surface area contributed by atoms with Gasteiger partial charge in [0.2, 0.25) is 0 Å². The van der Waals surface area contributed by atoms with Crippen LogP contribution in [-0.2, 0) is 20.8 Å². The van der Waals surface area contributed by atoms with Crippen LogP contribution in [0.3, 0.4) is 0 Å². The van der Waals surface area contributed by atoms with Crippen molar-refractivity contribution in [1.82, 2.24) is 30.1 Å². The molecule has 36 heavy (non-hydrogen) atoms. The highest BCUT2D eigenvalue weighted by molar-refractivity contribution is 5.93. The van der Waals surface area contributed by atoms with E-state index in [0.29, 0.717) is 5.69 Å². The van der Waals surface area contributed by atoms with Crippen LogP contribution in [0.2, 0.25) is 0 Å². The summed E-state index contributed by atoms with van der Waals surface area (Å²) in [5.74, 6) is -1.22. The average Bonchev–Trinajstić information content (AvgIpc) is 3.56. The first-order chi connectivity index (χ1) is 17.3. The summed E-state index contributed by atoms with van der Waals surface area (Å²) in [5.41, 5.74) is 6.72. The first kappa shape index (κ1) is 24.4. The Morgan fingerprint density at radius 3 is 2.86 bits per heavy atom. The van der Waals surface area contributed by atoms with Crippen LogP contribution in [0.5, 0.6) is 0 Å². The molecular formula is C21H23FN8O6. The Bertz CT molecular complexity index is 1290. The zero-order chi connectivity index (χ0) is 25.8. The second-order valence-electron chi connectivity index (χ2n) is 7.63. The number of ether oxygens (including phenoxy) is 3. The van der Waals surface area contributed by atoms with E-state index in [9.17, 15) is 18.8 Å². The number of cyclic esters (lactones) is 1. The number of anilines is 2. The molecule has 1 unspecified atom stereocenters. The maximum absolute atomic E-state index is 14.9. The van der Waals surface area contributed by atoms with Crippen molar-refractivity contribution in [3.05, 3.63) is 47.7 Å². The summed E-state index contributed by atoms with van der Waals surface area (Å²) in [6.45, 7) is 2.19. The van der Waals surface area contributed by atoms with Crippen molar-refractivity contribution in [3.8, 4) is 5.69 Å².